The average Bonchev–Trinajstić information content (AvgIpc) is 3.28. The molecular formula is C24H30O9S. The number of benzene rings is 2. The molecule has 1 aliphatic rings. The van der Waals surface area contributed by atoms with Gasteiger partial charge < -0.3 is 23.7 Å². The van der Waals surface area contributed by atoms with E-state index in [0.29, 0.717) is 32.8 Å². The summed E-state index contributed by atoms with van der Waals surface area (Å²) in [6, 6.07) is 15.4. The molecule has 1 heterocycles. The molecule has 1 saturated heterocycles. The van der Waals surface area contributed by atoms with E-state index in [4.69, 9.17) is 27.9 Å². The van der Waals surface area contributed by atoms with E-state index in [-0.39, 0.29) is 30.3 Å². The number of hydrogen-bond acceptors (Lipinski definition) is 9. The van der Waals surface area contributed by atoms with Gasteiger partial charge in [0.15, 0.2) is 0 Å². The maximum atomic E-state index is 13.0. The van der Waals surface area contributed by atoms with E-state index in [1.807, 2.05) is 30.3 Å². The van der Waals surface area contributed by atoms with Crippen LogP contribution in [0, 0.1) is 0 Å². The third-order valence-electron chi connectivity index (χ3n) is 5.06. The molecule has 0 aliphatic carbocycles. The van der Waals surface area contributed by atoms with Crippen molar-refractivity contribution in [1.82, 2.24) is 0 Å². The Morgan fingerprint density at radius 3 is 2.50 bits per heavy atom. The number of carbonyl (C=O) groups excluding carboxylic acids is 1. The molecule has 0 bridgehead atoms. The first-order valence-corrected chi connectivity index (χ1v) is 12.4. The number of hydrogen-bond donors (Lipinski definition) is 0. The molecule has 10 heteroatoms. The first-order chi connectivity index (χ1) is 16.5. The molecule has 9 nitrogen and oxygen atoms in total. The maximum Gasteiger partial charge on any atom is 0.339 e. The van der Waals surface area contributed by atoms with Crippen molar-refractivity contribution in [2.45, 2.75) is 30.1 Å². The zero-order chi connectivity index (χ0) is 24.2. The van der Waals surface area contributed by atoms with E-state index >= 15 is 0 Å². The zero-order valence-corrected chi connectivity index (χ0v) is 19.9. The van der Waals surface area contributed by atoms with Crippen LogP contribution >= 0.6 is 0 Å². The molecular weight excluding hydrogens is 464 g/mol. The van der Waals surface area contributed by atoms with Gasteiger partial charge in [0, 0.05) is 20.1 Å². The van der Waals surface area contributed by atoms with Gasteiger partial charge in [-0.15, -0.1) is 0 Å². The minimum absolute atomic E-state index is 0.0188. The van der Waals surface area contributed by atoms with Gasteiger partial charge in [-0.05, 0) is 17.7 Å². The van der Waals surface area contributed by atoms with Gasteiger partial charge in [-0.3, -0.25) is 4.18 Å². The van der Waals surface area contributed by atoms with E-state index < -0.39 is 28.3 Å². The predicted molar refractivity (Wildman–Crippen MR) is 122 cm³/mol. The average molecular weight is 495 g/mol. The molecule has 34 heavy (non-hydrogen) atoms. The lowest BCUT2D eigenvalue weighted by Crippen LogP contribution is -2.31. The van der Waals surface area contributed by atoms with Crippen LogP contribution in [0.25, 0.3) is 0 Å². The molecule has 0 spiro atoms. The summed E-state index contributed by atoms with van der Waals surface area (Å²) in [6.45, 7) is 1.86. The Kier molecular flexibility index (Phi) is 10.4. The predicted octanol–water partition coefficient (Wildman–Crippen LogP) is 2.59. The van der Waals surface area contributed by atoms with Crippen LogP contribution in [0.2, 0.25) is 0 Å². The Morgan fingerprint density at radius 2 is 1.71 bits per heavy atom. The molecule has 186 valence electrons. The van der Waals surface area contributed by atoms with Gasteiger partial charge in [-0.2, -0.15) is 8.42 Å². The van der Waals surface area contributed by atoms with E-state index in [1.54, 1.807) is 13.2 Å². The number of rotatable bonds is 14. The van der Waals surface area contributed by atoms with Crippen LogP contribution < -0.4 is 0 Å². The summed E-state index contributed by atoms with van der Waals surface area (Å²) in [5.41, 5.74) is 0.900. The van der Waals surface area contributed by atoms with Crippen molar-refractivity contribution in [3.8, 4) is 0 Å². The van der Waals surface area contributed by atoms with Crippen LogP contribution in [0.3, 0.4) is 0 Å². The van der Waals surface area contributed by atoms with Crippen molar-refractivity contribution < 1.29 is 41.1 Å². The Bertz CT molecular complexity index is 995. The van der Waals surface area contributed by atoms with Crippen molar-refractivity contribution in [2.24, 2.45) is 0 Å². The lowest BCUT2D eigenvalue weighted by Gasteiger charge is -2.19. The number of ether oxygens (including phenoxy) is 5. The maximum absolute atomic E-state index is 13.0. The largest absolute Gasteiger partial charge is 0.460 e. The van der Waals surface area contributed by atoms with Gasteiger partial charge in [0.25, 0.3) is 10.1 Å². The molecule has 0 amide bonds. The van der Waals surface area contributed by atoms with Crippen molar-refractivity contribution in [1.29, 1.82) is 0 Å². The number of esters is 1. The monoisotopic (exact) mass is 494 g/mol. The third-order valence-corrected chi connectivity index (χ3v) is 6.46. The molecule has 2 aromatic carbocycles. The Morgan fingerprint density at radius 1 is 0.971 bits per heavy atom. The topological polar surface area (TPSA) is 107 Å². The first kappa shape index (κ1) is 26.3. The summed E-state index contributed by atoms with van der Waals surface area (Å²) >= 11 is 0. The highest BCUT2D eigenvalue weighted by atomic mass is 32.2. The minimum Gasteiger partial charge on any atom is -0.460 e. The quantitative estimate of drug-likeness (QED) is 0.222. The summed E-state index contributed by atoms with van der Waals surface area (Å²) in [6.07, 6.45) is -0.870. The number of carbonyl (C=O) groups is 1. The first-order valence-electron chi connectivity index (χ1n) is 11.0. The molecule has 0 N–H and O–H groups in total. The van der Waals surface area contributed by atoms with E-state index in [1.165, 1.54) is 18.2 Å². The van der Waals surface area contributed by atoms with Gasteiger partial charge in [0.2, 0.25) is 0 Å². The van der Waals surface area contributed by atoms with Crippen LogP contribution in [0.4, 0.5) is 0 Å². The molecule has 2 aromatic rings. The van der Waals surface area contributed by atoms with Crippen LogP contribution in [0.5, 0.6) is 0 Å². The van der Waals surface area contributed by atoms with Gasteiger partial charge in [-0.25, -0.2) is 4.79 Å². The molecule has 2 atom stereocenters. The second-order valence-corrected chi connectivity index (χ2v) is 9.07. The summed E-state index contributed by atoms with van der Waals surface area (Å²) in [5.74, 6) is -0.775. The lowest BCUT2D eigenvalue weighted by molar-refractivity contribution is -0.0212. The number of methoxy groups -OCH3 is 1. The van der Waals surface area contributed by atoms with Crippen molar-refractivity contribution in [2.75, 3.05) is 46.8 Å². The molecule has 0 aromatic heterocycles. The fourth-order valence-corrected chi connectivity index (χ4v) is 4.66. The molecule has 0 radical (unpaired) electrons. The zero-order valence-electron chi connectivity index (χ0n) is 19.1. The summed E-state index contributed by atoms with van der Waals surface area (Å²) in [4.78, 5) is 12.3. The fourth-order valence-electron chi connectivity index (χ4n) is 3.34. The molecule has 1 fully saturated rings. The SMILES string of the molecule is COCCOCCOC(=O)c1ccccc1S(=O)(=O)O[C@@H]1CCO[C@H]1COCc1ccccc1. The van der Waals surface area contributed by atoms with Crippen LogP contribution in [-0.2, 0) is 44.6 Å². The molecule has 0 saturated carbocycles. The second kappa shape index (κ2) is 13.5. The van der Waals surface area contributed by atoms with E-state index in [0.717, 1.165) is 5.56 Å². The minimum atomic E-state index is -4.26. The van der Waals surface area contributed by atoms with Crippen molar-refractivity contribution in [3.05, 3.63) is 65.7 Å². The smallest absolute Gasteiger partial charge is 0.339 e. The fraction of sp³-hybridized carbons (Fsp3) is 0.458. The van der Waals surface area contributed by atoms with Crippen molar-refractivity contribution in [3.63, 3.8) is 0 Å². The normalized spacial score (nSPS) is 18.1. The summed E-state index contributed by atoms with van der Waals surface area (Å²) in [5, 5.41) is 0. The summed E-state index contributed by atoms with van der Waals surface area (Å²) in [7, 11) is -2.70. The Labute approximate surface area is 200 Å². The lowest BCUT2D eigenvalue weighted by atomic mass is 10.2. The highest BCUT2D eigenvalue weighted by molar-refractivity contribution is 7.86. The van der Waals surface area contributed by atoms with E-state index in [2.05, 4.69) is 0 Å². The molecule has 1 aliphatic heterocycles. The standard InChI is InChI=1S/C24H30O9S/c1-28-13-14-29-15-16-32-24(25)20-9-5-6-10-23(20)34(26,27)33-21-11-12-31-22(21)18-30-17-19-7-3-2-4-8-19/h2-10,21-22H,11-18H2,1H3/t21-,22+/m1/s1. The molecule has 3 rings (SSSR count). The Hall–Kier alpha value is -2.34. The highest BCUT2D eigenvalue weighted by Gasteiger charge is 2.35. The van der Waals surface area contributed by atoms with E-state index in [9.17, 15) is 13.2 Å². The summed E-state index contributed by atoms with van der Waals surface area (Å²) < 4.78 is 58.2. The van der Waals surface area contributed by atoms with Crippen LogP contribution in [0.15, 0.2) is 59.5 Å². The van der Waals surface area contributed by atoms with Gasteiger partial charge in [-0.1, -0.05) is 42.5 Å². The Balaban J connectivity index is 1.57. The molecule has 0 unspecified atom stereocenters. The van der Waals surface area contributed by atoms with Crippen LogP contribution in [0.1, 0.15) is 22.3 Å². The second-order valence-electron chi connectivity index (χ2n) is 7.52. The van der Waals surface area contributed by atoms with Gasteiger partial charge in [0.1, 0.15) is 23.7 Å². The third kappa shape index (κ3) is 7.86. The van der Waals surface area contributed by atoms with Gasteiger partial charge in [0.05, 0.1) is 38.6 Å². The van der Waals surface area contributed by atoms with Crippen molar-refractivity contribution >= 4 is 16.1 Å². The van der Waals surface area contributed by atoms with Crippen LogP contribution in [-0.4, -0.2) is 73.3 Å². The highest BCUT2D eigenvalue weighted by Crippen LogP contribution is 2.26. The van der Waals surface area contributed by atoms with Gasteiger partial charge >= 0.3 is 5.97 Å².